The van der Waals surface area contributed by atoms with Gasteiger partial charge in [0.15, 0.2) is 0 Å². The fourth-order valence-corrected chi connectivity index (χ4v) is 6.54. The number of benzene rings is 1. The van der Waals surface area contributed by atoms with Crippen molar-refractivity contribution in [2.75, 3.05) is 19.7 Å². The second kappa shape index (κ2) is 6.22. The van der Waals surface area contributed by atoms with Crippen LogP contribution in [0.25, 0.3) is 0 Å². The molecule has 1 aromatic carbocycles. The van der Waals surface area contributed by atoms with Crippen molar-refractivity contribution in [2.24, 2.45) is 11.3 Å². The zero-order valence-corrected chi connectivity index (χ0v) is 16.1. The van der Waals surface area contributed by atoms with Crippen LogP contribution in [0.5, 0.6) is 5.75 Å². The predicted molar refractivity (Wildman–Crippen MR) is 102 cm³/mol. The van der Waals surface area contributed by atoms with Gasteiger partial charge in [-0.15, -0.1) is 0 Å². The molecule has 3 unspecified atom stereocenters. The van der Waals surface area contributed by atoms with Crippen LogP contribution in [0.15, 0.2) is 18.2 Å². The van der Waals surface area contributed by atoms with Gasteiger partial charge in [0.2, 0.25) is 0 Å². The Kier molecular flexibility index (Phi) is 4.08. The fourth-order valence-electron chi connectivity index (χ4n) is 6.54. The normalized spacial score (nSPS) is 36.4. The minimum absolute atomic E-state index is 0.0575. The van der Waals surface area contributed by atoms with Crippen LogP contribution >= 0.6 is 0 Å². The lowest BCUT2D eigenvalue weighted by molar-refractivity contribution is -0.00312. The van der Waals surface area contributed by atoms with Crippen molar-refractivity contribution >= 4 is 0 Å². The number of hydrogen-bond acceptors (Lipinski definition) is 2. The van der Waals surface area contributed by atoms with Crippen LogP contribution in [0.2, 0.25) is 0 Å². The molecule has 1 aromatic rings. The minimum atomic E-state index is -0.125. The summed E-state index contributed by atoms with van der Waals surface area (Å²) in [6.45, 7) is 5.59. The number of fused-ring (bicyclic) bond motifs is 3. The van der Waals surface area contributed by atoms with Crippen LogP contribution < -0.4 is 4.74 Å². The van der Waals surface area contributed by atoms with Gasteiger partial charge in [-0.25, -0.2) is 4.39 Å². The second-order valence-electron chi connectivity index (χ2n) is 9.77. The van der Waals surface area contributed by atoms with Gasteiger partial charge in [0.1, 0.15) is 11.6 Å². The van der Waals surface area contributed by atoms with Crippen molar-refractivity contribution in [1.82, 2.24) is 4.90 Å². The number of rotatable bonds is 1. The summed E-state index contributed by atoms with van der Waals surface area (Å²) >= 11 is 0. The molecule has 2 aliphatic heterocycles. The van der Waals surface area contributed by atoms with Gasteiger partial charge in [-0.2, -0.15) is 0 Å². The highest BCUT2D eigenvalue weighted by Gasteiger charge is 2.46. The molecule has 3 fully saturated rings. The number of ether oxygens (including phenoxy) is 1. The van der Waals surface area contributed by atoms with Crippen LogP contribution in [-0.2, 0) is 5.41 Å². The molecule has 4 aliphatic rings. The molecule has 3 heteroatoms. The summed E-state index contributed by atoms with van der Waals surface area (Å²) in [5.41, 5.74) is 1.81. The topological polar surface area (TPSA) is 12.5 Å². The summed E-state index contributed by atoms with van der Waals surface area (Å²) in [5, 5.41) is 0. The lowest BCUT2D eigenvalue weighted by atomic mass is 9.59. The Labute approximate surface area is 157 Å². The van der Waals surface area contributed by atoms with E-state index in [-0.39, 0.29) is 11.2 Å². The first-order valence-electron chi connectivity index (χ1n) is 10.7. The number of likely N-dealkylation sites (tertiary alicyclic amines) is 1. The van der Waals surface area contributed by atoms with Crippen LogP contribution in [0.3, 0.4) is 0 Å². The lowest BCUT2D eigenvalue weighted by Gasteiger charge is -2.51. The smallest absolute Gasteiger partial charge is 0.123 e. The molecule has 0 aromatic heterocycles. The van der Waals surface area contributed by atoms with E-state index in [2.05, 4.69) is 11.8 Å². The van der Waals surface area contributed by atoms with E-state index in [4.69, 9.17) is 4.74 Å². The zero-order chi connectivity index (χ0) is 17.8. The monoisotopic (exact) mass is 357 g/mol. The first-order valence-corrected chi connectivity index (χ1v) is 10.7. The quantitative estimate of drug-likeness (QED) is 0.676. The Morgan fingerprint density at radius 3 is 2.77 bits per heavy atom. The van der Waals surface area contributed by atoms with Crippen LogP contribution in [0, 0.1) is 17.2 Å². The largest absolute Gasteiger partial charge is 0.492 e. The summed E-state index contributed by atoms with van der Waals surface area (Å²) in [5.74, 6) is 1.73. The van der Waals surface area contributed by atoms with Gasteiger partial charge in [0.25, 0.3) is 0 Å². The summed E-state index contributed by atoms with van der Waals surface area (Å²) in [4.78, 5) is 2.76. The molecule has 142 valence electrons. The van der Waals surface area contributed by atoms with Gasteiger partial charge in [-0.3, -0.25) is 0 Å². The summed E-state index contributed by atoms with van der Waals surface area (Å²) in [6, 6.07) is 5.84. The molecule has 0 radical (unpaired) electrons. The first-order chi connectivity index (χ1) is 12.6. The Bertz CT molecular complexity index is 681. The third-order valence-electron chi connectivity index (χ3n) is 8.43. The molecule has 0 amide bonds. The molecular formula is C23H32FNO. The summed E-state index contributed by atoms with van der Waals surface area (Å²) in [7, 11) is 0. The van der Waals surface area contributed by atoms with Gasteiger partial charge >= 0.3 is 0 Å². The standard InChI is InChI=1S/C23H32FNO/c1-22-8-3-2-4-17(22)14-19(7-9-22)25-12-10-23(11-13-25)16-26-21-6-5-18(24)15-20(21)23/h5-6,15,17,19H,2-4,7-14,16H2,1H3. The maximum absolute atomic E-state index is 13.8. The number of hydrogen-bond donors (Lipinski definition) is 0. The molecule has 26 heavy (non-hydrogen) atoms. The van der Waals surface area contributed by atoms with Crippen molar-refractivity contribution in [3.8, 4) is 5.75 Å². The van der Waals surface area contributed by atoms with E-state index < -0.39 is 0 Å². The maximum Gasteiger partial charge on any atom is 0.123 e. The van der Waals surface area contributed by atoms with E-state index in [9.17, 15) is 4.39 Å². The number of halogens is 1. The fraction of sp³-hybridized carbons (Fsp3) is 0.739. The van der Waals surface area contributed by atoms with E-state index in [1.165, 1.54) is 51.0 Å². The highest BCUT2D eigenvalue weighted by atomic mass is 19.1. The number of piperidine rings is 1. The molecule has 2 heterocycles. The van der Waals surface area contributed by atoms with Crippen molar-refractivity contribution < 1.29 is 9.13 Å². The van der Waals surface area contributed by atoms with E-state index >= 15 is 0 Å². The van der Waals surface area contributed by atoms with Crippen LogP contribution in [0.4, 0.5) is 4.39 Å². The third-order valence-corrected chi connectivity index (χ3v) is 8.43. The summed E-state index contributed by atoms with van der Waals surface area (Å²) in [6.07, 6.45) is 12.2. The molecule has 2 saturated carbocycles. The maximum atomic E-state index is 13.8. The van der Waals surface area contributed by atoms with Crippen LogP contribution in [-0.4, -0.2) is 30.6 Å². The first kappa shape index (κ1) is 17.0. The van der Waals surface area contributed by atoms with Crippen molar-refractivity contribution in [3.05, 3.63) is 29.6 Å². The van der Waals surface area contributed by atoms with Crippen molar-refractivity contribution in [2.45, 2.75) is 76.2 Å². The van der Waals surface area contributed by atoms with Gasteiger partial charge < -0.3 is 9.64 Å². The Morgan fingerprint density at radius 2 is 1.92 bits per heavy atom. The van der Waals surface area contributed by atoms with E-state index in [1.54, 1.807) is 6.07 Å². The number of nitrogens with zero attached hydrogens (tertiary/aromatic N) is 1. The molecule has 0 bridgehead atoms. The van der Waals surface area contributed by atoms with Gasteiger partial charge in [-0.1, -0.05) is 19.8 Å². The summed E-state index contributed by atoms with van der Waals surface area (Å²) < 4.78 is 19.7. The van der Waals surface area contributed by atoms with Crippen molar-refractivity contribution in [3.63, 3.8) is 0 Å². The van der Waals surface area contributed by atoms with E-state index in [1.807, 2.05) is 6.07 Å². The Hall–Kier alpha value is -1.09. The van der Waals surface area contributed by atoms with Gasteiger partial charge in [0, 0.05) is 17.0 Å². The molecule has 1 saturated heterocycles. The average Bonchev–Trinajstić information content (AvgIpc) is 2.99. The lowest BCUT2D eigenvalue weighted by Crippen LogP contribution is -2.51. The minimum Gasteiger partial charge on any atom is -0.492 e. The molecule has 2 nitrogen and oxygen atoms in total. The Morgan fingerprint density at radius 1 is 1.08 bits per heavy atom. The predicted octanol–water partition coefficient (Wildman–Crippen LogP) is 5.30. The molecular weight excluding hydrogens is 325 g/mol. The highest BCUT2D eigenvalue weighted by Crippen LogP contribution is 2.52. The SMILES string of the molecule is CC12CCCCC1CC(N1CCC3(CC1)COc1ccc(F)cc13)CC2. The van der Waals surface area contributed by atoms with Gasteiger partial charge in [-0.05, 0) is 87.6 Å². The average molecular weight is 358 g/mol. The third kappa shape index (κ3) is 2.69. The molecule has 0 N–H and O–H groups in total. The van der Waals surface area contributed by atoms with E-state index in [0.29, 0.717) is 5.41 Å². The second-order valence-corrected chi connectivity index (χ2v) is 9.77. The van der Waals surface area contributed by atoms with E-state index in [0.717, 1.165) is 55.8 Å². The highest BCUT2D eigenvalue weighted by molar-refractivity contribution is 5.44. The van der Waals surface area contributed by atoms with Crippen molar-refractivity contribution in [1.29, 1.82) is 0 Å². The zero-order valence-electron chi connectivity index (χ0n) is 16.1. The Balaban J connectivity index is 1.27. The van der Waals surface area contributed by atoms with Gasteiger partial charge in [0.05, 0.1) is 6.61 Å². The van der Waals surface area contributed by atoms with Crippen LogP contribution in [0.1, 0.15) is 70.3 Å². The molecule has 5 rings (SSSR count). The molecule has 3 atom stereocenters. The molecule has 1 spiro atoms. The molecule has 2 aliphatic carbocycles.